The van der Waals surface area contributed by atoms with Crippen LogP contribution < -0.4 is 10.1 Å². The number of nitrogens with one attached hydrogen (secondary N) is 1. The van der Waals surface area contributed by atoms with Gasteiger partial charge in [-0.2, -0.15) is 5.26 Å². The van der Waals surface area contributed by atoms with Gasteiger partial charge in [0.15, 0.2) is 0 Å². The summed E-state index contributed by atoms with van der Waals surface area (Å²) < 4.78 is 5.23. The molecule has 0 saturated heterocycles. The fraction of sp³-hybridized carbons (Fsp3) is 0.588. The SMILES string of the molecule is COc1ccc(C(NC2CCCC2C#N)C2CC2)cc1. The highest BCUT2D eigenvalue weighted by molar-refractivity contribution is 5.30. The Bertz CT molecular complexity index is 487. The summed E-state index contributed by atoms with van der Waals surface area (Å²) in [5.74, 6) is 1.83. The van der Waals surface area contributed by atoms with E-state index in [1.165, 1.54) is 24.8 Å². The lowest BCUT2D eigenvalue weighted by Crippen LogP contribution is -2.36. The largest absolute Gasteiger partial charge is 0.497 e. The zero-order valence-electron chi connectivity index (χ0n) is 12.0. The summed E-state index contributed by atoms with van der Waals surface area (Å²) in [5.41, 5.74) is 1.33. The van der Waals surface area contributed by atoms with E-state index in [-0.39, 0.29) is 5.92 Å². The van der Waals surface area contributed by atoms with Crippen molar-refractivity contribution in [2.24, 2.45) is 11.8 Å². The second-order valence-corrected chi connectivity index (χ2v) is 6.03. The zero-order valence-corrected chi connectivity index (χ0v) is 12.0. The number of hydrogen-bond donors (Lipinski definition) is 1. The molecule has 2 fully saturated rings. The summed E-state index contributed by atoms with van der Waals surface area (Å²) in [5, 5.41) is 13.0. The molecule has 0 bridgehead atoms. The van der Waals surface area contributed by atoms with Gasteiger partial charge in [-0.25, -0.2) is 0 Å². The Kier molecular flexibility index (Phi) is 3.93. The van der Waals surface area contributed by atoms with Gasteiger partial charge in [0.25, 0.3) is 0 Å². The third-order valence-electron chi connectivity index (χ3n) is 4.64. The van der Waals surface area contributed by atoms with Crippen LogP contribution in [0.25, 0.3) is 0 Å². The Labute approximate surface area is 120 Å². The molecule has 0 amide bonds. The topological polar surface area (TPSA) is 45.0 Å². The Balaban J connectivity index is 1.73. The van der Waals surface area contributed by atoms with E-state index in [1.54, 1.807) is 7.11 Å². The number of methoxy groups -OCH3 is 1. The fourth-order valence-corrected chi connectivity index (χ4v) is 3.29. The maximum atomic E-state index is 9.24. The molecule has 0 heterocycles. The second-order valence-electron chi connectivity index (χ2n) is 6.03. The summed E-state index contributed by atoms with van der Waals surface area (Å²) in [4.78, 5) is 0. The number of rotatable bonds is 5. The molecule has 3 heteroatoms. The smallest absolute Gasteiger partial charge is 0.118 e. The minimum absolute atomic E-state index is 0.189. The van der Waals surface area contributed by atoms with E-state index in [0.717, 1.165) is 24.5 Å². The van der Waals surface area contributed by atoms with Crippen molar-refractivity contribution in [2.75, 3.05) is 7.11 Å². The summed E-state index contributed by atoms with van der Waals surface area (Å²) in [6.45, 7) is 0. The lowest BCUT2D eigenvalue weighted by molar-refractivity contribution is 0.374. The molecule has 2 aliphatic rings. The van der Waals surface area contributed by atoms with E-state index >= 15 is 0 Å². The summed E-state index contributed by atoms with van der Waals surface area (Å²) >= 11 is 0. The molecule has 3 nitrogen and oxygen atoms in total. The molecule has 1 aromatic rings. The number of nitrogens with zero attached hydrogens (tertiary/aromatic N) is 1. The molecule has 0 aromatic heterocycles. The van der Waals surface area contributed by atoms with Crippen molar-refractivity contribution in [3.05, 3.63) is 29.8 Å². The lowest BCUT2D eigenvalue weighted by Gasteiger charge is -2.25. The van der Waals surface area contributed by atoms with Crippen molar-refractivity contribution in [1.29, 1.82) is 5.26 Å². The first-order valence-corrected chi connectivity index (χ1v) is 7.61. The third-order valence-corrected chi connectivity index (χ3v) is 4.64. The monoisotopic (exact) mass is 270 g/mol. The minimum atomic E-state index is 0.189. The molecule has 20 heavy (non-hydrogen) atoms. The lowest BCUT2D eigenvalue weighted by atomic mass is 9.98. The fourth-order valence-electron chi connectivity index (χ4n) is 3.29. The highest BCUT2D eigenvalue weighted by Gasteiger charge is 2.36. The highest BCUT2D eigenvalue weighted by Crippen LogP contribution is 2.42. The molecule has 2 aliphatic carbocycles. The zero-order chi connectivity index (χ0) is 13.9. The van der Waals surface area contributed by atoms with Crippen molar-refractivity contribution >= 4 is 0 Å². The minimum Gasteiger partial charge on any atom is -0.497 e. The number of nitriles is 1. The molecule has 106 valence electrons. The van der Waals surface area contributed by atoms with Crippen LogP contribution in [0.3, 0.4) is 0 Å². The van der Waals surface area contributed by atoms with Gasteiger partial charge in [-0.1, -0.05) is 18.6 Å². The molecule has 1 N–H and O–H groups in total. The molecular weight excluding hydrogens is 248 g/mol. The van der Waals surface area contributed by atoms with Gasteiger partial charge in [-0.15, -0.1) is 0 Å². The average Bonchev–Trinajstić information content (AvgIpc) is 3.24. The van der Waals surface area contributed by atoms with Crippen LogP contribution in [-0.4, -0.2) is 13.2 Å². The van der Waals surface area contributed by atoms with E-state index in [4.69, 9.17) is 4.74 Å². The molecule has 3 atom stereocenters. The van der Waals surface area contributed by atoms with Crippen LogP contribution >= 0.6 is 0 Å². The van der Waals surface area contributed by atoms with Crippen molar-refractivity contribution in [1.82, 2.24) is 5.32 Å². The highest BCUT2D eigenvalue weighted by atomic mass is 16.5. The van der Waals surface area contributed by atoms with Crippen molar-refractivity contribution in [3.63, 3.8) is 0 Å². The molecular formula is C17H22N2O. The Morgan fingerprint density at radius 2 is 1.95 bits per heavy atom. The van der Waals surface area contributed by atoms with E-state index < -0.39 is 0 Å². The van der Waals surface area contributed by atoms with Crippen LogP contribution in [0.15, 0.2) is 24.3 Å². The van der Waals surface area contributed by atoms with Gasteiger partial charge < -0.3 is 10.1 Å². The van der Waals surface area contributed by atoms with Crippen LogP contribution in [0.4, 0.5) is 0 Å². The average molecular weight is 270 g/mol. The molecule has 1 aromatic carbocycles. The summed E-state index contributed by atoms with van der Waals surface area (Å²) in [7, 11) is 1.70. The van der Waals surface area contributed by atoms with Crippen LogP contribution in [0.2, 0.25) is 0 Å². The van der Waals surface area contributed by atoms with E-state index in [0.29, 0.717) is 12.1 Å². The van der Waals surface area contributed by atoms with E-state index in [9.17, 15) is 5.26 Å². The predicted molar refractivity (Wildman–Crippen MR) is 78.3 cm³/mol. The second kappa shape index (κ2) is 5.85. The van der Waals surface area contributed by atoms with Crippen LogP contribution in [-0.2, 0) is 0 Å². The van der Waals surface area contributed by atoms with Crippen LogP contribution in [0.5, 0.6) is 5.75 Å². The van der Waals surface area contributed by atoms with Gasteiger partial charge in [-0.05, 0) is 49.3 Å². The molecule has 0 aliphatic heterocycles. The van der Waals surface area contributed by atoms with Gasteiger partial charge in [0.2, 0.25) is 0 Å². The van der Waals surface area contributed by atoms with E-state index in [2.05, 4.69) is 23.5 Å². The van der Waals surface area contributed by atoms with Gasteiger partial charge in [0, 0.05) is 12.1 Å². The predicted octanol–water partition coefficient (Wildman–Crippen LogP) is 3.43. The van der Waals surface area contributed by atoms with Gasteiger partial charge in [0.1, 0.15) is 5.75 Å². The summed E-state index contributed by atoms with van der Waals surface area (Å²) in [6.07, 6.45) is 5.96. The Hall–Kier alpha value is -1.53. The van der Waals surface area contributed by atoms with Crippen LogP contribution in [0.1, 0.15) is 43.7 Å². The number of benzene rings is 1. The first kappa shape index (κ1) is 13.5. The molecule has 3 rings (SSSR count). The number of ether oxygens (including phenoxy) is 1. The Morgan fingerprint density at radius 3 is 2.55 bits per heavy atom. The van der Waals surface area contributed by atoms with Crippen molar-refractivity contribution < 1.29 is 4.74 Å². The normalized spacial score (nSPS) is 27.0. The standard InChI is InChI=1S/C17H22N2O/c1-20-15-9-7-13(8-10-15)17(12-5-6-12)19-16-4-2-3-14(16)11-18/h7-10,12,14,16-17,19H,2-6H2,1H3. The van der Waals surface area contributed by atoms with Crippen molar-refractivity contribution in [3.8, 4) is 11.8 Å². The third kappa shape index (κ3) is 2.81. The molecule has 0 radical (unpaired) electrons. The van der Waals surface area contributed by atoms with Crippen molar-refractivity contribution in [2.45, 2.75) is 44.2 Å². The van der Waals surface area contributed by atoms with Gasteiger partial charge in [0.05, 0.1) is 19.1 Å². The Morgan fingerprint density at radius 1 is 1.20 bits per heavy atom. The summed E-state index contributed by atoms with van der Waals surface area (Å²) in [6, 6.07) is 11.6. The number of hydrogen-bond acceptors (Lipinski definition) is 3. The maximum absolute atomic E-state index is 9.24. The van der Waals surface area contributed by atoms with Gasteiger partial charge in [-0.3, -0.25) is 0 Å². The molecule has 2 saturated carbocycles. The van der Waals surface area contributed by atoms with Gasteiger partial charge >= 0.3 is 0 Å². The quantitative estimate of drug-likeness (QED) is 0.891. The molecule has 0 spiro atoms. The first-order chi connectivity index (χ1) is 9.81. The first-order valence-electron chi connectivity index (χ1n) is 7.61. The van der Waals surface area contributed by atoms with E-state index in [1.807, 2.05) is 12.1 Å². The maximum Gasteiger partial charge on any atom is 0.118 e. The molecule has 3 unspecified atom stereocenters. The van der Waals surface area contributed by atoms with Crippen LogP contribution in [0, 0.1) is 23.2 Å².